The first-order valence-electron chi connectivity index (χ1n) is 5.11. The Kier molecular flexibility index (Phi) is 3.19. The highest BCUT2D eigenvalue weighted by atomic mass is 35.5. The third kappa shape index (κ3) is 2.39. The van der Waals surface area contributed by atoms with Gasteiger partial charge in [0.25, 0.3) is 0 Å². The van der Waals surface area contributed by atoms with Gasteiger partial charge in [-0.25, -0.2) is 4.98 Å². The lowest BCUT2D eigenvalue weighted by atomic mass is 10.1. The number of halogens is 1. The first kappa shape index (κ1) is 11.1. The first-order chi connectivity index (χ1) is 7.66. The van der Waals surface area contributed by atoms with Crippen LogP contribution < -0.4 is 0 Å². The Labute approximate surface area is 98.2 Å². The summed E-state index contributed by atoms with van der Waals surface area (Å²) in [5.41, 5.74) is 0.635. The molecule has 1 aromatic heterocycles. The highest BCUT2D eigenvalue weighted by Crippen LogP contribution is 2.15. The molecule has 0 N–H and O–H groups in total. The van der Waals surface area contributed by atoms with Gasteiger partial charge < -0.3 is 0 Å². The molecule has 0 radical (unpaired) electrons. The lowest BCUT2D eigenvalue weighted by Gasteiger charge is -2.24. The molecule has 0 spiro atoms. The molecular formula is C11H11ClN2O2. The number of imide groups is 1. The number of piperidine rings is 1. The first-order valence-corrected chi connectivity index (χ1v) is 5.49. The van der Waals surface area contributed by atoms with Gasteiger partial charge in [0.05, 0.1) is 12.2 Å². The third-order valence-corrected chi connectivity index (χ3v) is 2.69. The van der Waals surface area contributed by atoms with E-state index in [0.717, 1.165) is 0 Å². The second-order valence-electron chi connectivity index (χ2n) is 3.68. The molecular weight excluding hydrogens is 228 g/mol. The Morgan fingerprint density at radius 1 is 1.25 bits per heavy atom. The fourth-order valence-electron chi connectivity index (χ4n) is 1.68. The second-order valence-corrected chi connectivity index (χ2v) is 4.07. The van der Waals surface area contributed by atoms with Gasteiger partial charge in [-0.1, -0.05) is 17.7 Å². The molecule has 1 aliphatic rings. The number of carbonyl (C=O) groups is 2. The summed E-state index contributed by atoms with van der Waals surface area (Å²) in [5, 5.41) is 0.370. The number of pyridine rings is 1. The molecule has 2 amide bonds. The number of carbonyl (C=O) groups excluding carboxylic acids is 2. The zero-order chi connectivity index (χ0) is 11.5. The van der Waals surface area contributed by atoms with Crippen LogP contribution in [0.3, 0.4) is 0 Å². The SMILES string of the molecule is O=C1CCCC(=O)N1Cc1cccc(Cl)n1. The van der Waals surface area contributed by atoms with Crippen molar-refractivity contribution in [3.8, 4) is 0 Å². The molecule has 1 aromatic rings. The van der Waals surface area contributed by atoms with E-state index in [1.54, 1.807) is 18.2 Å². The van der Waals surface area contributed by atoms with E-state index >= 15 is 0 Å². The van der Waals surface area contributed by atoms with Crippen molar-refractivity contribution in [1.82, 2.24) is 9.88 Å². The maximum Gasteiger partial charge on any atom is 0.229 e. The van der Waals surface area contributed by atoms with Crippen molar-refractivity contribution < 1.29 is 9.59 Å². The zero-order valence-corrected chi connectivity index (χ0v) is 9.41. The van der Waals surface area contributed by atoms with E-state index in [1.165, 1.54) is 4.90 Å². The fraction of sp³-hybridized carbons (Fsp3) is 0.364. The van der Waals surface area contributed by atoms with Gasteiger partial charge in [-0.3, -0.25) is 14.5 Å². The van der Waals surface area contributed by atoms with Crippen LogP contribution in [0.5, 0.6) is 0 Å². The lowest BCUT2D eigenvalue weighted by molar-refractivity contribution is -0.148. The van der Waals surface area contributed by atoms with Gasteiger partial charge in [-0.2, -0.15) is 0 Å². The molecule has 84 valence electrons. The predicted molar refractivity (Wildman–Crippen MR) is 58.7 cm³/mol. The Morgan fingerprint density at radius 2 is 1.94 bits per heavy atom. The van der Waals surface area contributed by atoms with Crippen molar-refractivity contribution in [3.63, 3.8) is 0 Å². The Hall–Kier alpha value is -1.42. The number of hydrogen-bond acceptors (Lipinski definition) is 3. The van der Waals surface area contributed by atoms with Crippen molar-refractivity contribution in [3.05, 3.63) is 29.0 Å². The molecule has 2 rings (SSSR count). The Balaban J connectivity index is 2.13. The summed E-state index contributed by atoms with van der Waals surface area (Å²) in [4.78, 5) is 28.4. The number of amides is 2. The smallest absolute Gasteiger partial charge is 0.229 e. The summed E-state index contributed by atoms with van der Waals surface area (Å²) >= 11 is 5.74. The average Bonchev–Trinajstić information content (AvgIpc) is 2.24. The van der Waals surface area contributed by atoms with Crippen LogP contribution in [0, 0.1) is 0 Å². The molecule has 0 aliphatic carbocycles. The molecule has 0 bridgehead atoms. The van der Waals surface area contributed by atoms with Gasteiger partial charge in [0.15, 0.2) is 0 Å². The average molecular weight is 239 g/mol. The lowest BCUT2D eigenvalue weighted by Crippen LogP contribution is -2.39. The standard InChI is InChI=1S/C11H11ClN2O2/c12-9-4-1-3-8(13-9)7-14-10(15)5-2-6-11(14)16/h1,3-4H,2,5-7H2. The van der Waals surface area contributed by atoms with Crippen LogP contribution in [0.4, 0.5) is 0 Å². The summed E-state index contributed by atoms with van der Waals surface area (Å²) in [5.74, 6) is -0.254. The Morgan fingerprint density at radius 3 is 2.56 bits per heavy atom. The number of likely N-dealkylation sites (tertiary alicyclic amines) is 1. The molecule has 0 unspecified atom stereocenters. The molecule has 0 aromatic carbocycles. The van der Waals surface area contributed by atoms with Crippen LogP contribution in [0.25, 0.3) is 0 Å². The molecule has 1 fully saturated rings. The van der Waals surface area contributed by atoms with E-state index < -0.39 is 0 Å². The maximum atomic E-state index is 11.5. The van der Waals surface area contributed by atoms with Gasteiger partial charge in [0.1, 0.15) is 5.15 Å². The van der Waals surface area contributed by atoms with Gasteiger partial charge in [-0.15, -0.1) is 0 Å². The van der Waals surface area contributed by atoms with Gasteiger partial charge in [-0.05, 0) is 18.6 Å². The number of aromatic nitrogens is 1. The van der Waals surface area contributed by atoms with E-state index in [4.69, 9.17) is 11.6 Å². The number of rotatable bonds is 2. The third-order valence-electron chi connectivity index (χ3n) is 2.48. The van der Waals surface area contributed by atoms with E-state index in [2.05, 4.69) is 4.98 Å². The van der Waals surface area contributed by atoms with Crippen molar-refractivity contribution in [2.75, 3.05) is 0 Å². The fourth-order valence-corrected chi connectivity index (χ4v) is 1.86. The largest absolute Gasteiger partial charge is 0.277 e. The zero-order valence-electron chi connectivity index (χ0n) is 8.65. The van der Waals surface area contributed by atoms with E-state index in [9.17, 15) is 9.59 Å². The van der Waals surface area contributed by atoms with Crippen molar-refractivity contribution in [2.45, 2.75) is 25.8 Å². The number of hydrogen-bond donors (Lipinski definition) is 0. The molecule has 4 nitrogen and oxygen atoms in total. The van der Waals surface area contributed by atoms with E-state index in [-0.39, 0.29) is 18.4 Å². The van der Waals surface area contributed by atoms with Crippen molar-refractivity contribution in [2.24, 2.45) is 0 Å². The number of nitrogens with zero attached hydrogens (tertiary/aromatic N) is 2. The monoisotopic (exact) mass is 238 g/mol. The van der Waals surface area contributed by atoms with Gasteiger partial charge in [0.2, 0.25) is 11.8 Å². The Bertz CT molecular complexity index is 418. The topological polar surface area (TPSA) is 50.3 Å². The van der Waals surface area contributed by atoms with Gasteiger partial charge in [0, 0.05) is 12.8 Å². The van der Waals surface area contributed by atoms with Crippen LogP contribution >= 0.6 is 11.6 Å². The van der Waals surface area contributed by atoms with Crippen LogP contribution in [0.1, 0.15) is 25.0 Å². The minimum absolute atomic E-state index is 0.127. The van der Waals surface area contributed by atoms with E-state index in [0.29, 0.717) is 30.1 Å². The molecule has 1 aliphatic heterocycles. The van der Waals surface area contributed by atoms with Gasteiger partial charge >= 0.3 is 0 Å². The second kappa shape index (κ2) is 4.61. The molecule has 1 saturated heterocycles. The van der Waals surface area contributed by atoms with Crippen LogP contribution in [0.2, 0.25) is 5.15 Å². The molecule has 2 heterocycles. The quantitative estimate of drug-likeness (QED) is 0.583. The molecule has 5 heteroatoms. The predicted octanol–water partition coefficient (Wildman–Crippen LogP) is 1.77. The summed E-state index contributed by atoms with van der Waals surface area (Å²) in [6.45, 7) is 0.220. The molecule has 0 atom stereocenters. The maximum absolute atomic E-state index is 11.5. The summed E-state index contributed by atoms with van der Waals surface area (Å²) in [6.07, 6.45) is 1.52. The summed E-state index contributed by atoms with van der Waals surface area (Å²) in [7, 11) is 0. The highest BCUT2D eigenvalue weighted by molar-refractivity contribution is 6.29. The van der Waals surface area contributed by atoms with E-state index in [1.807, 2.05) is 0 Å². The normalized spacial score (nSPS) is 16.7. The summed E-state index contributed by atoms with van der Waals surface area (Å²) in [6, 6.07) is 5.16. The highest BCUT2D eigenvalue weighted by Gasteiger charge is 2.25. The minimum atomic E-state index is -0.127. The molecule has 0 saturated carbocycles. The van der Waals surface area contributed by atoms with Crippen LogP contribution in [0.15, 0.2) is 18.2 Å². The molecule has 16 heavy (non-hydrogen) atoms. The summed E-state index contributed by atoms with van der Waals surface area (Å²) < 4.78 is 0. The minimum Gasteiger partial charge on any atom is -0.277 e. The van der Waals surface area contributed by atoms with Crippen LogP contribution in [-0.2, 0) is 16.1 Å². The van der Waals surface area contributed by atoms with Crippen LogP contribution in [-0.4, -0.2) is 21.7 Å². The van der Waals surface area contributed by atoms with Crippen molar-refractivity contribution >= 4 is 23.4 Å². The van der Waals surface area contributed by atoms with Crippen molar-refractivity contribution in [1.29, 1.82) is 0 Å².